The minimum absolute atomic E-state index is 0.558. The molecule has 1 fully saturated rings. The van der Waals surface area contributed by atoms with Gasteiger partial charge in [-0.15, -0.1) is 0 Å². The second kappa shape index (κ2) is 5.35. The maximum atomic E-state index is 3.65. The molecule has 0 unspecified atom stereocenters. The lowest BCUT2D eigenvalue weighted by Gasteiger charge is -2.19. The molecule has 16 heavy (non-hydrogen) atoms. The molecule has 0 aliphatic carbocycles. The van der Waals surface area contributed by atoms with Gasteiger partial charge in [-0.05, 0) is 37.1 Å². The van der Waals surface area contributed by atoms with E-state index in [9.17, 15) is 0 Å². The molecular weight excluding hydrogens is 196 g/mol. The summed E-state index contributed by atoms with van der Waals surface area (Å²) in [4.78, 5) is 2.17. The van der Waals surface area contributed by atoms with E-state index >= 15 is 0 Å². The third kappa shape index (κ3) is 2.76. The number of nitrogens with zero attached hydrogens (tertiary/aromatic N) is 1. The molecule has 88 valence electrons. The predicted molar refractivity (Wildman–Crippen MR) is 70.0 cm³/mol. The summed E-state index contributed by atoms with van der Waals surface area (Å²) >= 11 is 0. The SMILES string of the molecule is CN(C)c1cccc([C@@H]2CCCCCN2)c1. The zero-order valence-corrected chi connectivity index (χ0v) is 10.4. The van der Waals surface area contributed by atoms with Crippen molar-refractivity contribution in [3.05, 3.63) is 29.8 Å². The lowest BCUT2D eigenvalue weighted by atomic mass is 10.0. The summed E-state index contributed by atoms with van der Waals surface area (Å²) in [7, 11) is 4.19. The van der Waals surface area contributed by atoms with Crippen molar-refractivity contribution >= 4 is 5.69 Å². The molecule has 0 radical (unpaired) electrons. The first-order valence-electron chi connectivity index (χ1n) is 6.28. The number of anilines is 1. The van der Waals surface area contributed by atoms with E-state index in [0.717, 1.165) is 6.54 Å². The highest BCUT2D eigenvalue weighted by Gasteiger charge is 2.13. The summed E-state index contributed by atoms with van der Waals surface area (Å²) in [5.41, 5.74) is 2.73. The van der Waals surface area contributed by atoms with Gasteiger partial charge in [0.25, 0.3) is 0 Å². The zero-order valence-electron chi connectivity index (χ0n) is 10.4. The highest BCUT2D eigenvalue weighted by Crippen LogP contribution is 2.25. The monoisotopic (exact) mass is 218 g/mol. The smallest absolute Gasteiger partial charge is 0.0364 e. The fraction of sp³-hybridized carbons (Fsp3) is 0.571. The van der Waals surface area contributed by atoms with Crippen molar-refractivity contribution < 1.29 is 0 Å². The van der Waals surface area contributed by atoms with Crippen molar-refractivity contribution in [3.8, 4) is 0 Å². The van der Waals surface area contributed by atoms with E-state index in [-0.39, 0.29) is 0 Å². The lowest BCUT2D eigenvalue weighted by Crippen LogP contribution is -2.20. The molecular formula is C14H22N2. The highest BCUT2D eigenvalue weighted by atomic mass is 15.1. The van der Waals surface area contributed by atoms with Crippen LogP contribution in [-0.2, 0) is 0 Å². The molecule has 2 rings (SSSR count). The Balaban J connectivity index is 2.15. The third-order valence-electron chi connectivity index (χ3n) is 3.35. The second-order valence-corrected chi connectivity index (χ2v) is 4.85. The summed E-state index contributed by atoms with van der Waals surface area (Å²) in [6.07, 6.45) is 5.32. The summed E-state index contributed by atoms with van der Waals surface area (Å²) in [5.74, 6) is 0. The van der Waals surface area contributed by atoms with Crippen LogP contribution in [0.3, 0.4) is 0 Å². The van der Waals surface area contributed by atoms with Crippen LogP contribution >= 0.6 is 0 Å². The van der Waals surface area contributed by atoms with Crippen molar-refractivity contribution in [3.63, 3.8) is 0 Å². The molecule has 1 aliphatic heterocycles. The Morgan fingerprint density at radius 2 is 2.06 bits per heavy atom. The fourth-order valence-electron chi connectivity index (χ4n) is 2.33. The zero-order chi connectivity index (χ0) is 11.4. The van der Waals surface area contributed by atoms with E-state index in [1.54, 1.807) is 0 Å². The topological polar surface area (TPSA) is 15.3 Å². The third-order valence-corrected chi connectivity index (χ3v) is 3.35. The molecule has 1 N–H and O–H groups in total. The Kier molecular flexibility index (Phi) is 3.83. The van der Waals surface area contributed by atoms with Crippen LogP contribution in [0, 0.1) is 0 Å². The largest absolute Gasteiger partial charge is 0.378 e. The van der Waals surface area contributed by atoms with Gasteiger partial charge in [0.2, 0.25) is 0 Å². The number of benzene rings is 1. The Labute approximate surface area is 98.7 Å². The predicted octanol–water partition coefficient (Wildman–Crippen LogP) is 2.96. The normalized spacial score (nSPS) is 21.5. The Hall–Kier alpha value is -1.02. The van der Waals surface area contributed by atoms with Crippen molar-refractivity contribution in [1.29, 1.82) is 0 Å². The Morgan fingerprint density at radius 3 is 2.88 bits per heavy atom. The van der Waals surface area contributed by atoms with Gasteiger partial charge in [0.05, 0.1) is 0 Å². The van der Waals surface area contributed by atoms with E-state index in [1.807, 2.05) is 0 Å². The number of nitrogens with one attached hydrogen (secondary N) is 1. The molecule has 0 spiro atoms. The summed E-state index contributed by atoms with van der Waals surface area (Å²) in [5, 5.41) is 3.65. The summed E-state index contributed by atoms with van der Waals surface area (Å²) in [6.45, 7) is 1.16. The molecule has 1 atom stereocenters. The lowest BCUT2D eigenvalue weighted by molar-refractivity contribution is 0.535. The average Bonchev–Trinajstić information content (AvgIpc) is 2.57. The van der Waals surface area contributed by atoms with Crippen LogP contribution in [0.5, 0.6) is 0 Å². The minimum atomic E-state index is 0.558. The van der Waals surface area contributed by atoms with E-state index in [4.69, 9.17) is 0 Å². The molecule has 1 heterocycles. The first kappa shape index (κ1) is 11.5. The molecule has 0 aromatic heterocycles. The van der Waals surface area contributed by atoms with Crippen LogP contribution in [-0.4, -0.2) is 20.6 Å². The Bertz CT molecular complexity index is 325. The summed E-state index contributed by atoms with van der Waals surface area (Å²) in [6, 6.07) is 9.44. The van der Waals surface area contributed by atoms with Gasteiger partial charge < -0.3 is 10.2 Å². The second-order valence-electron chi connectivity index (χ2n) is 4.85. The van der Waals surface area contributed by atoms with Gasteiger partial charge in [0, 0.05) is 25.8 Å². The minimum Gasteiger partial charge on any atom is -0.378 e. The maximum absolute atomic E-state index is 3.65. The molecule has 2 heteroatoms. The summed E-state index contributed by atoms with van der Waals surface area (Å²) < 4.78 is 0. The van der Waals surface area contributed by atoms with Crippen molar-refractivity contribution in [2.24, 2.45) is 0 Å². The Morgan fingerprint density at radius 1 is 1.19 bits per heavy atom. The molecule has 0 bridgehead atoms. The van der Waals surface area contributed by atoms with Crippen LogP contribution in [0.1, 0.15) is 37.3 Å². The molecule has 2 nitrogen and oxygen atoms in total. The van der Waals surface area contributed by atoms with E-state index in [1.165, 1.54) is 36.9 Å². The van der Waals surface area contributed by atoms with Crippen LogP contribution in [0.2, 0.25) is 0 Å². The molecule has 1 aromatic rings. The van der Waals surface area contributed by atoms with Crippen molar-refractivity contribution in [2.75, 3.05) is 25.5 Å². The van der Waals surface area contributed by atoms with Crippen LogP contribution in [0.15, 0.2) is 24.3 Å². The van der Waals surface area contributed by atoms with Crippen molar-refractivity contribution in [1.82, 2.24) is 5.32 Å². The van der Waals surface area contributed by atoms with Gasteiger partial charge in [-0.25, -0.2) is 0 Å². The van der Waals surface area contributed by atoms with Crippen molar-refractivity contribution in [2.45, 2.75) is 31.7 Å². The maximum Gasteiger partial charge on any atom is 0.0364 e. The van der Waals surface area contributed by atoms with Gasteiger partial charge in [-0.3, -0.25) is 0 Å². The first-order chi connectivity index (χ1) is 7.77. The highest BCUT2D eigenvalue weighted by molar-refractivity contribution is 5.47. The van der Waals surface area contributed by atoms with Crippen LogP contribution in [0.25, 0.3) is 0 Å². The number of rotatable bonds is 2. The van der Waals surface area contributed by atoms with Crippen LogP contribution in [0.4, 0.5) is 5.69 Å². The van der Waals surface area contributed by atoms with Gasteiger partial charge in [0.1, 0.15) is 0 Å². The average molecular weight is 218 g/mol. The molecule has 1 saturated heterocycles. The van der Waals surface area contributed by atoms with Gasteiger partial charge in [-0.1, -0.05) is 25.0 Å². The van der Waals surface area contributed by atoms with Gasteiger partial charge >= 0.3 is 0 Å². The van der Waals surface area contributed by atoms with E-state index in [2.05, 4.69) is 48.6 Å². The molecule has 1 aromatic carbocycles. The standard InChI is InChI=1S/C14H22N2/c1-16(2)13-8-6-7-12(11-13)14-9-4-3-5-10-15-14/h6-8,11,14-15H,3-5,9-10H2,1-2H3/t14-/m0/s1. The first-order valence-corrected chi connectivity index (χ1v) is 6.28. The fourth-order valence-corrected chi connectivity index (χ4v) is 2.33. The van der Waals surface area contributed by atoms with Gasteiger partial charge in [-0.2, -0.15) is 0 Å². The number of hydrogen-bond acceptors (Lipinski definition) is 2. The van der Waals surface area contributed by atoms with Crippen LogP contribution < -0.4 is 10.2 Å². The molecule has 1 aliphatic rings. The van der Waals surface area contributed by atoms with E-state index < -0.39 is 0 Å². The van der Waals surface area contributed by atoms with Gasteiger partial charge in [0.15, 0.2) is 0 Å². The molecule has 0 saturated carbocycles. The quantitative estimate of drug-likeness (QED) is 0.821. The van der Waals surface area contributed by atoms with E-state index in [0.29, 0.717) is 6.04 Å². The number of hydrogen-bond donors (Lipinski definition) is 1. The molecule has 0 amide bonds.